The Labute approximate surface area is 81.5 Å². The summed E-state index contributed by atoms with van der Waals surface area (Å²) in [7, 11) is 3.75. The molecule has 1 N–H and O–H groups in total. The molecule has 0 aromatic carbocycles. The quantitative estimate of drug-likeness (QED) is 0.695. The summed E-state index contributed by atoms with van der Waals surface area (Å²) in [6.45, 7) is 5.32. The van der Waals surface area contributed by atoms with Gasteiger partial charge < -0.3 is 10.2 Å². The lowest BCUT2D eigenvalue weighted by Gasteiger charge is -2.24. The molecule has 1 fully saturated rings. The van der Waals surface area contributed by atoms with Crippen molar-refractivity contribution in [3.8, 4) is 0 Å². The van der Waals surface area contributed by atoms with E-state index in [1.165, 1.54) is 6.42 Å². The van der Waals surface area contributed by atoms with E-state index < -0.39 is 0 Å². The predicted octanol–water partition coefficient (Wildman–Crippen LogP) is 0.897. The van der Waals surface area contributed by atoms with Crippen LogP contribution in [0.1, 0.15) is 26.2 Å². The van der Waals surface area contributed by atoms with Crippen LogP contribution < -0.4 is 5.32 Å². The van der Waals surface area contributed by atoms with Crippen molar-refractivity contribution < 1.29 is 4.79 Å². The van der Waals surface area contributed by atoms with Gasteiger partial charge in [-0.15, -0.1) is 0 Å². The number of nitrogens with zero attached hydrogens (tertiary/aromatic N) is 1. The van der Waals surface area contributed by atoms with Gasteiger partial charge in [0.1, 0.15) is 5.78 Å². The third-order valence-electron chi connectivity index (χ3n) is 1.95. The highest BCUT2D eigenvalue weighted by molar-refractivity contribution is 5.79. The topological polar surface area (TPSA) is 32.3 Å². The number of hydrogen-bond acceptors (Lipinski definition) is 3. The summed E-state index contributed by atoms with van der Waals surface area (Å²) < 4.78 is 0. The van der Waals surface area contributed by atoms with E-state index in [2.05, 4.69) is 17.1 Å². The number of likely N-dealkylation sites (tertiary alicyclic amines) is 1. The lowest BCUT2D eigenvalue weighted by atomic mass is 10.1. The number of ketones is 1. The van der Waals surface area contributed by atoms with Crippen molar-refractivity contribution in [2.75, 3.05) is 33.7 Å². The number of rotatable bonds is 2. The molecule has 3 heteroatoms. The number of carbonyl (C=O) groups excluding carboxylic acids is 1. The first-order valence-electron chi connectivity index (χ1n) is 5.07. The monoisotopic (exact) mass is 186 g/mol. The van der Waals surface area contributed by atoms with Gasteiger partial charge in [-0.05, 0) is 27.1 Å². The maximum Gasteiger partial charge on any atom is 0.135 e. The smallest absolute Gasteiger partial charge is 0.135 e. The normalized spacial score (nSPS) is 17.9. The van der Waals surface area contributed by atoms with Crippen molar-refractivity contribution in [2.45, 2.75) is 26.2 Å². The van der Waals surface area contributed by atoms with E-state index in [0.717, 1.165) is 32.5 Å². The fraction of sp³-hybridized carbons (Fsp3) is 0.900. The average molecular weight is 186 g/mol. The van der Waals surface area contributed by atoms with Crippen LogP contribution in [0.25, 0.3) is 0 Å². The third kappa shape index (κ3) is 6.72. The first-order chi connectivity index (χ1) is 6.24. The molecule has 78 valence electrons. The van der Waals surface area contributed by atoms with E-state index in [9.17, 15) is 4.79 Å². The van der Waals surface area contributed by atoms with Gasteiger partial charge in [0.15, 0.2) is 0 Å². The maximum absolute atomic E-state index is 10.8. The summed E-state index contributed by atoms with van der Waals surface area (Å²) in [6.07, 6.45) is 2.76. The van der Waals surface area contributed by atoms with Gasteiger partial charge in [-0.25, -0.2) is 0 Å². The van der Waals surface area contributed by atoms with Crippen LogP contribution in [0.2, 0.25) is 0 Å². The van der Waals surface area contributed by atoms with Crippen LogP contribution in [-0.2, 0) is 4.79 Å². The molecule has 1 rings (SSSR count). The number of piperidine rings is 1. The highest BCUT2D eigenvalue weighted by atomic mass is 16.1. The summed E-state index contributed by atoms with van der Waals surface area (Å²) in [6, 6.07) is 0. The Morgan fingerprint density at radius 3 is 2.15 bits per heavy atom. The minimum Gasteiger partial charge on any atom is -0.323 e. The molecule has 1 heterocycles. The van der Waals surface area contributed by atoms with Gasteiger partial charge in [-0.2, -0.15) is 0 Å². The molecule has 0 saturated carbocycles. The zero-order valence-corrected chi connectivity index (χ0v) is 9.10. The second-order valence-corrected chi connectivity index (χ2v) is 3.38. The second kappa shape index (κ2) is 8.20. The van der Waals surface area contributed by atoms with Crippen LogP contribution in [-0.4, -0.2) is 44.4 Å². The van der Waals surface area contributed by atoms with E-state index in [0.29, 0.717) is 5.78 Å². The van der Waals surface area contributed by atoms with Crippen molar-refractivity contribution in [3.05, 3.63) is 0 Å². The molecule has 0 amide bonds. The summed E-state index contributed by atoms with van der Waals surface area (Å²) in [5.74, 6) is 0.437. The fourth-order valence-corrected chi connectivity index (χ4v) is 1.34. The summed E-state index contributed by atoms with van der Waals surface area (Å²) in [4.78, 5) is 13.1. The SMILES string of the molecule is CCCN1CCC(=O)CC1.CNC. The summed E-state index contributed by atoms with van der Waals surface area (Å²) in [5, 5.41) is 2.75. The lowest BCUT2D eigenvalue weighted by molar-refractivity contribution is -0.121. The Balaban J connectivity index is 0.000000424. The lowest BCUT2D eigenvalue weighted by Crippen LogP contribution is -2.34. The largest absolute Gasteiger partial charge is 0.323 e. The van der Waals surface area contributed by atoms with Crippen molar-refractivity contribution in [3.63, 3.8) is 0 Å². The van der Waals surface area contributed by atoms with Crippen LogP contribution >= 0.6 is 0 Å². The van der Waals surface area contributed by atoms with Crippen molar-refractivity contribution in [1.82, 2.24) is 10.2 Å². The Morgan fingerprint density at radius 2 is 1.77 bits per heavy atom. The molecule has 0 bridgehead atoms. The molecule has 0 spiro atoms. The second-order valence-electron chi connectivity index (χ2n) is 3.38. The van der Waals surface area contributed by atoms with E-state index >= 15 is 0 Å². The third-order valence-corrected chi connectivity index (χ3v) is 1.95. The Morgan fingerprint density at radius 1 is 1.31 bits per heavy atom. The number of hydrogen-bond donors (Lipinski definition) is 1. The molecule has 0 radical (unpaired) electrons. The zero-order chi connectivity index (χ0) is 10.1. The van der Waals surface area contributed by atoms with Gasteiger partial charge in [-0.3, -0.25) is 4.79 Å². The molecule has 0 aliphatic carbocycles. The van der Waals surface area contributed by atoms with Crippen LogP contribution in [0.5, 0.6) is 0 Å². The molecular weight excluding hydrogens is 164 g/mol. The van der Waals surface area contributed by atoms with Crippen LogP contribution in [0, 0.1) is 0 Å². The highest BCUT2D eigenvalue weighted by Gasteiger charge is 2.14. The van der Waals surface area contributed by atoms with Crippen LogP contribution in [0.15, 0.2) is 0 Å². The fourth-order valence-electron chi connectivity index (χ4n) is 1.34. The highest BCUT2D eigenvalue weighted by Crippen LogP contribution is 2.05. The van der Waals surface area contributed by atoms with E-state index in [1.54, 1.807) is 0 Å². The van der Waals surface area contributed by atoms with Crippen LogP contribution in [0.4, 0.5) is 0 Å². The van der Waals surface area contributed by atoms with Crippen molar-refractivity contribution in [1.29, 1.82) is 0 Å². The number of Topliss-reactive ketones (excluding diaryl/α,β-unsaturated/α-hetero) is 1. The molecular formula is C10H22N2O. The first kappa shape index (κ1) is 12.6. The molecule has 1 saturated heterocycles. The van der Waals surface area contributed by atoms with Gasteiger partial charge in [-0.1, -0.05) is 6.92 Å². The van der Waals surface area contributed by atoms with Crippen molar-refractivity contribution in [2.24, 2.45) is 0 Å². The minimum absolute atomic E-state index is 0.437. The molecule has 3 nitrogen and oxygen atoms in total. The Hall–Kier alpha value is -0.410. The van der Waals surface area contributed by atoms with E-state index in [4.69, 9.17) is 0 Å². The molecule has 0 aromatic heterocycles. The van der Waals surface area contributed by atoms with Gasteiger partial charge in [0.25, 0.3) is 0 Å². The predicted molar refractivity (Wildman–Crippen MR) is 56.0 cm³/mol. The number of carbonyl (C=O) groups is 1. The van der Waals surface area contributed by atoms with Gasteiger partial charge >= 0.3 is 0 Å². The molecule has 0 aromatic rings. The maximum atomic E-state index is 10.8. The van der Waals surface area contributed by atoms with Gasteiger partial charge in [0.05, 0.1) is 0 Å². The van der Waals surface area contributed by atoms with E-state index in [1.807, 2.05) is 14.1 Å². The van der Waals surface area contributed by atoms with Gasteiger partial charge in [0.2, 0.25) is 0 Å². The standard InChI is InChI=1S/C8H15NO.C2H7N/c1-2-5-9-6-3-8(10)4-7-9;1-3-2/h2-7H2,1H3;3H,1-2H3. The number of nitrogens with one attached hydrogen (secondary N) is 1. The molecule has 13 heavy (non-hydrogen) atoms. The summed E-state index contributed by atoms with van der Waals surface area (Å²) >= 11 is 0. The van der Waals surface area contributed by atoms with Gasteiger partial charge in [0, 0.05) is 25.9 Å². The molecule has 1 aliphatic rings. The molecule has 0 unspecified atom stereocenters. The molecule has 1 aliphatic heterocycles. The summed E-state index contributed by atoms with van der Waals surface area (Å²) in [5.41, 5.74) is 0. The average Bonchev–Trinajstić information content (AvgIpc) is 2.11. The van der Waals surface area contributed by atoms with E-state index in [-0.39, 0.29) is 0 Å². The Kier molecular flexibility index (Phi) is 7.94. The first-order valence-corrected chi connectivity index (χ1v) is 5.07. The molecule has 0 atom stereocenters. The van der Waals surface area contributed by atoms with Crippen LogP contribution in [0.3, 0.4) is 0 Å². The zero-order valence-electron chi connectivity index (χ0n) is 9.10. The van der Waals surface area contributed by atoms with Crippen molar-refractivity contribution >= 4 is 5.78 Å². The minimum atomic E-state index is 0.437. The Bertz CT molecular complexity index is 127.